The van der Waals surface area contributed by atoms with Gasteiger partial charge in [0.15, 0.2) is 0 Å². The average Bonchev–Trinajstić information content (AvgIpc) is 2.43. The minimum absolute atomic E-state index is 0.230. The van der Waals surface area contributed by atoms with Crippen LogP contribution in [0, 0.1) is 5.92 Å². The second-order valence-electron chi connectivity index (χ2n) is 6.27. The molecule has 0 saturated carbocycles. The zero-order valence-electron chi connectivity index (χ0n) is 13.0. The number of ether oxygens (including phenoxy) is 1. The van der Waals surface area contributed by atoms with E-state index >= 15 is 0 Å². The summed E-state index contributed by atoms with van der Waals surface area (Å²) in [7, 11) is 0. The van der Waals surface area contributed by atoms with Crippen molar-refractivity contribution in [3.8, 4) is 5.75 Å². The lowest BCUT2D eigenvalue weighted by atomic mass is 9.93. The van der Waals surface area contributed by atoms with Crippen molar-refractivity contribution in [3.05, 3.63) is 29.8 Å². The highest BCUT2D eigenvalue weighted by Crippen LogP contribution is 2.23. The van der Waals surface area contributed by atoms with Gasteiger partial charge in [0.2, 0.25) is 0 Å². The Bertz CT molecular complexity index is 402. The summed E-state index contributed by atoms with van der Waals surface area (Å²) in [6, 6.07) is 9.16. The Kier molecular flexibility index (Phi) is 5.44. The number of hydrogen-bond acceptors (Lipinski definition) is 3. The van der Waals surface area contributed by atoms with E-state index in [4.69, 9.17) is 10.5 Å². The molecular weight excluding hydrogens is 248 g/mol. The lowest BCUT2D eigenvalue weighted by molar-refractivity contribution is 0.113. The molecule has 2 N–H and O–H groups in total. The van der Waals surface area contributed by atoms with Gasteiger partial charge in [-0.1, -0.05) is 12.1 Å². The van der Waals surface area contributed by atoms with Crippen LogP contribution in [-0.2, 0) is 6.54 Å². The Labute approximate surface area is 123 Å². The molecule has 1 fully saturated rings. The van der Waals surface area contributed by atoms with Crippen molar-refractivity contribution < 1.29 is 4.74 Å². The predicted molar refractivity (Wildman–Crippen MR) is 83.9 cm³/mol. The molecule has 3 nitrogen and oxygen atoms in total. The summed E-state index contributed by atoms with van der Waals surface area (Å²) in [5.41, 5.74) is 7.18. The van der Waals surface area contributed by atoms with Gasteiger partial charge in [0, 0.05) is 19.1 Å². The molecule has 112 valence electrons. The van der Waals surface area contributed by atoms with E-state index in [-0.39, 0.29) is 6.10 Å². The number of piperidine rings is 1. The van der Waals surface area contributed by atoms with Crippen molar-refractivity contribution in [2.75, 3.05) is 13.1 Å². The molecule has 0 aliphatic carbocycles. The van der Waals surface area contributed by atoms with Crippen molar-refractivity contribution in [1.82, 2.24) is 4.90 Å². The first-order valence-electron chi connectivity index (χ1n) is 7.78. The summed E-state index contributed by atoms with van der Waals surface area (Å²) in [5, 5.41) is 0. The van der Waals surface area contributed by atoms with E-state index in [1.807, 2.05) is 0 Å². The Balaban J connectivity index is 1.94. The van der Waals surface area contributed by atoms with Gasteiger partial charge in [0.25, 0.3) is 0 Å². The van der Waals surface area contributed by atoms with E-state index in [1.165, 1.54) is 18.4 Å². The highest BCUT2D eigenvalue weighted by Gasteiger charge is 2.24. The number of rotatable bonds is 5. The van der Waals surface area contributed by atoms with Crippen LogP contribution in [0.25, 0.3) is 0 Å². The van der Waals surface area contributed by atoms with Crippen LogP contribution < -0.4 is 10.5 Å². The van der Waals surface area contributed by atoms with Gasteiger partial charge in [-0.05, 0) is 63.8 Å². The van der Waals surface area contributed by atoms with Gasteiger partial charge < -0.3 is 10.5 Å². The zero-order valence-corrected chi connectivity index (χ0v) is 13.0. The third kappa shape index (κ3) is 4.22. The van der Waals surface area contributed by atoms with Crippen molar-refractivity contribution in [1.29, 1.82) is 0 Å². The second kappa shape index (κ2) is 7.09. The van der Waals surface area contributed by atoms with Crippen molar-refractivity contribution in [2.24, 2.45) is 11.7 Å². The van der Waals surface area contributed by atoms with Gasteiger partial charge in [0.05, 0.1) is 6.10 Å². The molecule has 2 unspecified atom stereocenters. The van der Waals surface area contributed by atoms with E-state index in [9.17, 15) is 0 Å². The molecule has 3 heteroatoms. The molecule has 1 aliphatic rings. The molecule has 1 aromatic rings. The molecule has 2 atom stereocenters. The van der Waals surface area contributed by atoms with E-state index in [1.54, 1.807) is 0 Å². The molecule has 0 bridgehead atoms. The lowest BCUT2D eigenvalue weighted by Crippen LogP contribution is -2.43. The quantitative estimate of drug-likeness (QED) is 0.898. The minimum Gasteiger partial charge on any atom is -0.491 e. The first-order valence-corrected chi connectivity index (χ1v) is 7.78. The van der Waals surface area contributed by atoms with Gasteiger partial charge in [-0.2, -0.15) is 0 Å². The fourth-order valence-electron chi connectivity index (χ4n) is 2.86. The predicted octanol–water partition coefficient (Wildman–Crippen LogP) is 3.03. The van der Waals surface area contributed by atoms with Gasteiger partial charge >= 0.3 is 0 Å². The molecule has 1 aromatic carbocycles. The molecule has 20 heavy (non-hydrogen) atoms. The van der Waals surface area contributed by atoms with Crippen LogP contribution in [0.5, 0.6) is 5.75 Å². The molecule has 0 spiro atoms. The van der Waals surface area contributed by atoms with E-state index in [0.29, 0.717) is 12.0 Å². The first-order chi connectivity index (χ1) is 9.58. The summed E-state index contributed by atoms with van der Waals surface area (Å²) < 4.78 is 5.68. The van der Waals surface area contributed by atoms with Crippen LogP contribution >= 0.6 is 0 Å². The Morgan fingerprint density at radius 1 is 1.25 bits per heavy atom. The second-order valence-corrected chi connectivity index (χ2v) is 6.27. The molecule has 1 saturated heterocycles. The van der Waals surface area contributed by atoms with E-state index in [2.05, 4.69) is 49.9 Å². The highest BCUT2D eigenvalue weighted by atomic mass is 16.5. The fraction of sp³-hybridized carbons (Fsp3) is 0.647. The maximum Gasteiger partial charge on any atom is 0.119 e. The van der Waals surface area contributed by atoms with Crippen molar-refractivity contribution >= 4 is 0 Å². The summed E-state index contributed by atoms with van der Waals surface area (Å²) in [6.07, 6.45) is 2.76. The summed E-state index contributed by atoms with van der Waals surface area (Å²) in [5.74, 6) is 1.62. The normalized spacial score (nSPS) is 24.1. The summed E-state index contributed by atoms with van der Waals surface area (Å²) in [4.78, 5) is 2.55. The topological polar surface area (TPSA) is 38.5 Å². The third-order valence-corrected chi connectivity index (χ3v) is 4.12. The fourth-order valence-corrected chi connectivity index (χ4v) is 2.86. The van der Waals surface area contributed by atoms with Crippen LogP contribution in [0.4, 0.5) is 0 Å². The van der Waals surface area contributed by atoms with Crippen LogP contribution in [0.2, 0.25) is 0 Å². The van der Waals surface area contributed by atoms with Crippen LogP contribution in [0.1, 0.15) is 39.2 Å². The zero-order chi connectivity index (χ0) is 14.5. The molecule has 1 aliphatic heterocycles. The summed E-state index contributed by atoms with van der Waals surface area (Å²) in [6.45, 7) is 9.38. The third-order valence-electron chi connectivity index (χ3n) is 4.12. The van der Waals surface area contributed by atoms with Crippen molar-refractivity contribution in [2.45, 2.75) is 52.3 Å². The standard InChI is InChI=1S/C17H28N2O/c1-13(2)20-17-8-6-15(7-9-17)11-19-12-16(10-18)5-4-14(19)3/h6-9,13-14,16H,4-5,10-12,18H2,1-3H3. The van der Waals surface area contributed by atoms with Gasteiger partial charge in [0.1, 0.15) is 5.75 Å². The SMILES string of the molecule is CC(C)Oc1ccc(CN2CC(CN)CCC2C)cc1. The molecule has 0 amide bonds. The molecule has 0 radical (unpaired) electrons. The number of likely N-dealkylation sites (tertiary alicyclic amines) is 1. The van der Waals surface area contributed by atoms with Crippen LogP contribution in [-0.4, -0.2) is 30.1 Å². The number of nitrogens with zero attached hydrogens (tertiary/aromatic N) is 1. The minimum atomic E-state index is 0.230. The number of benzene rings is 1. The average molecular weight is 276 g/mol. The van der Waals surface area contributed by atoms with Gasteiger partial charge in [-0.3, -0.25) is 4.90 Å². The van der Waals surface area contributed by atoms with Crippen LogP contribution in [0.15, 0.2) is 24.3 Å². The molecular formula is C17H28N2O. The Hall–Kier alpha value is -1.06. The molecule has 0 aromatic heterocycles. The van der Waals surface area contributed by atoms with E-state index in [0.717, 1.165) is 25.4 Å². The molecule has 1 heterocycles. The lowest BCUT2D eigenvalue weighted by Gasteiger charge is -2.37. The highest BCUT2D eigenvalue weighted by molar-refractivity contribution is 5.27. The van der Waals surface area contributed by atoms with Gasteiger partial charge in [-0.25, -0.2) is 0 Å². The van der Waals surface area contributed by atoms with Crippen LogP contribution in [0.3, 0.4) is 0 Å². The van der Waals surface area contributed by atoms with Crippen molar-refractivity contribution in [3.63, 3.8) is 0 Å². The smallest absolute Gasteiger partial charge is 0.119 e. The maximum atomic E-state index is 5.83. The van der Waals surface area contributed by atoms with E-state index < -0.39 is 0 Å². The largest absolute Gasteiger partial charge is 0.491 e. The summed E-state index contributed by atoms with van der Waals surface area (Å²) >= 11 is 0. The Morgan fingerprint density at radius 2 is 1.95 bits per heavy atom. The number of nitrogens with two attached hydrogens (primary N) is 1. The Morgan fingerprint density at radius 3 is 2.55 bits per heavy atom. The maximum absolute atomic E-state index is 5.83. The first kappa shape index (κ1) is 15.3. The monoisotopic (exact) mass is 276 g/mol. The number of hydrogen-bond donors (Lipinski definition) is 1. The molecule has 2 rings (SSSR count). The van der Waals surface area contributed by atoms with Gasteiger partial charge in [-0.15, -0.1) is 0 Å².